The van der Waals surface area contributed by atoms with Crippen molar-refractivity contribution in [1.82, 2.24) is 5.32 Å². The van der Waals surface area contributed by atoms with Gasteiger partial charge in [0.05, 0.1) is 7.11 Å². The van der Waals surface area contributed by atoms with Crippen molar-refractivity contribution in [2.24, 2.45) is 5.41 Å². The Morgan fingerprint density at radius 1 is 1.35 bits per heavy atom. The molecule has 0 aromatic heterocycles. The standard InChI is InChI=1S/C15H23NO/c1-6-10-7-8-12(17-5)11(9-10)13-14(16-4)15(13,2)3/h7-9,13-14,16H,6H2,1-5H3. The van der Waals surface area contributed by atoms with Crippen molar-refractivity contribution in [3.05, 3.63) is 29.3 Å². The number of likely N-dealkylation sites (N-methyl/N-ethyl adjacent to an activating group) is 1. The summed E-state index contributed by atoms with van der Waals surface area (Å²) < 4.78 is 5.50. The zero-order chi connectivity index (χ0) is 12.6. The molecule has 2 nitrogen and oxygen atoms in total. The minimum absolute atomic E-state index is 0.328. The highest BCUT2D eigenvalue weighted by Gasteiger charge is 2.58. The van der Waals surface area contributed by atoms with Crippen LogP contribution < -0.4 is 10.1 Å². The van der Waals surface area contributed by atoms with Crippen molar-refractivity contribution in [2.75, 3.05) is 14.2 Å². The first-order chi connectivity index (χ1) is 8.06. The van der Waals surface area contributed by atoms with Gasteiger partial charge in [0.25, 0.3) is 0 Å². The van der Waals surface area contributed by atoms with E-state index in [1.54, 1.807) is 7.11 Å². The quantitative estimate of drug-likeness (QED) is 0.863. The molecular weight excluding hydrogens is 210 g/mol. The molecule has 1 fully saturated rings. The first kappa shape index (κ1) is 12.4. The van der Waals surface area contributed by atoms with Crippen molar-refractivity contribution in [1.29, 1.82) is 0 Å². The van der Waals surface area contributed by atoms with Gasteiger partial charge in [-0.05, 0) is 36.1 Å². The van der Waals surface area contributed by atoms with Crippen molar-refractivity contribution in [3.8, 4) is 5.75 Å². The van der Waals surface area contributed by atoms with E-state index in [4.69, 9.17) is 4.74 Å². The molecule has 0 amide bonds. The van der Waals surface area contributed by atoms with Crippen molar-refractivity contribution < 1.29 is 4.74 Å². The fourth-order valence-corrected chi connectivity index (χ4v) is 3.00. The monoisotopic (exact) mass is 233 g/mol. The van der Waals surface area contributed by atoms with Crippen LogP contribution >= 0.6 is 0 Å². The van der Waals surface area contributed by atoms with Crippen LogP contribution in [0.2, 0.25) is 0 Å². The number of methoxy groups -OCH3 is 1. The zero-order valence-corrected chi connectivity index (χ0v) is 11.5. The molecule has 0 aliphatic heterocycles. The van der Waals surface area contributed by atoms with E-state index in [-0.39, 0.29) is 0 Å². The molecule has 2 heteroatoms. The number of rotatable bonds is 4. The Kier molecular flexibility index (Phi) is 3.17. The molecule has 1 N–H and O–H groups in total. The van der Waals surface area contributed by atoms with Crippen LogP contribution in [-0.2, 0) is 6.42 Å². The van der Waals surface area contributed by atoms with E-state index >= 15 is 0 Å². The van der Waals surface area contributed by atoms with Crippen molar-refractivity contribution in [3.63, 3.8) is 0 Å². The van der Waals surface area contributed by atoms with E-state index in [0.717, 1.165) is 12.2 Å². The van der Waals surface area contributed by atoms with Crippen LogP contribution in [0.1, 0.15) is 37.8 Å². The largest absolute Gasteiger partial charge is 0.496 e. The van der Waals surface area contributed by atoms with Gasteiger partial charge in [0.15, 0.2) is 0 Å². The smallest absolute Gasteiger partial charge is 0.122 e. The molecule has 2 rings (SSSR count). The lowest BCUT2D eigenvalue weighted by Crippen LogP contribution is -2.14. The Morgan fingerprint density at radius 3 is 2.53 bits per heavy atom. The van der Waals surface area contributed by atoms with E-state index < -0.39 is 0 Å². The molecule has 0 bridgehead atoms. The van der Waals surface area contributed by atoms with Crippen LogP contribution in [0.5, 0.6) is 5.75 Å². The number of nitrogens with one attached hydrogen (secondary N) is 1. The van der Waals surface area contributed by atoms with Crippen LogP contribution in [-0.4, -0.2) is 20.2 Å². The average Bonchev–Trinajstić information content (AvgIpc) is 2.89. The SMILES string of the molecule is CCc1ccc(OC)c(C2C(NC)C2(C)C)c1. The lowest BCUT2D eigenvalue weighted by Gasteiger charge is -2.11. The lowest BCUT2D eigenvalue weighted by molar-refractivity contribution is 0.407. The molecule has 2 atom stereocenters. The second kappa shape index (κ2) is 4.34. The summed E-state index contributed by atoms with van der Waals surface area (Å²) in [5.41, 5.74) is 3.07. The average molecular weight is 233 g/mol. The van der Waals surface area contributed by atoms with Crippen LogP contribution in [0.25, 0.3) is 0 Å². The maximum Gasteiger partial charge on any atom is 0.122 e. The van der Waals surface area contributed by atoms with Gasteiger partial charge in [-0.25, -0.2) is 0 Å². The molecule has 0 saturated heterocycles. The Balaban J connectivity index is 2.38. The number of aryl methyl sites for hydroxylation is 1. The third-order valence-electron chi connectivity index (χ3n) is 4.18. The molecule has 2 unspecified atom stereocenters. The number of benzene rings is 1. The third kappa shape index (κ3) is 1.95. The fraction of sp³-hybridized carbons (Fsp3) is 0.600. The van der Waals surface area contributed by atoms with Crippen molar-refractivity contribution >= 4 is 0 Å². The minimum atomic E-state index is 0.328. The highest BCUT2D eigenvalue weighted by molar-refractivity contribution is 5.46. The van der Waals surface area contributed by atoms with Gasteiger partial charge in [-0.2, -0.15) is 0 Å². The molecule has 0 spiro atoms. The van der Waals surface area contributed by atoms with Gasteiger partial charge in [0, 0.05) is 12.0 Å². The van der Waals surface area contributed by atoms with E-state index in [1.807, 2.05) is 7.05 Å². The molecule has 0 radical (unpaired) electrons. The summed E-state index contributed by atoms with van der Waals surface area (Å²) in [6.07, 6.45) is 1.08. The van der Waals surface area contributed by atoms with E-state index in [2.05, 4.69) is 44.3 Å². The first-order valence-electron chi connectivity index (χ1n) is 6.40. The van der Waals surface area contributed by atoms with Gasteiger partial charge in [-0.3, -0.25) is 0 Å². The van der Waals surface area contributed by atoms with Gasteiger partial charge in [-0.15, -0.1) is 0 Å². The van der Waals surface area contributed by atoms with Crippen LogP contribution in [0.3, 0.4) is 0 Å². The number of hydrogen-bond donors (Lipinski definition) is 1. The molecule has 1 aromatic carbocycles. The number of ether oxygens (including phenoxy) is 1. The molecule has 0 heterocycles. The molecule has 1 saturated carbocycles. The maximum absolute atomic E-state index is 5.50. The third-order valence-corrected chi connectivity index (χ3v) is 4.18. The second-order valence-electron chi connectivity index (χ2n) is 5.50. The van der Waals surface area contributed by atoms with Gasteiger partial charge in [0.1, 0.15) is 5.75 Å². The molecule has 17 heavy (non-hydrogen) atoms. The van der Waals surface area contributed by atoms with Gasteiger partial charge >= 0.3 is 0 Å². The van der Waals surface area contributed by atoms with E-state index in [0.29, 0.717) is 17.4 Å². The highest BCUT2D eigenvalue weighted by atomic mass is 16.5. The molecule has 94 valence electrons. The highest BCUT2D eigenvalue weighted by Crippen LogP contribution is 2.60. The first-order valence-corrected chi connectivity index (χ1v) is 6.40. The normalized spacial score (nSPS) is 25.7. The predicted octanol–water partition coefficient (Wildman–Crippen LogP) is 2.97. The summed E-state index contributed by atoms with van der Waals surface area (Å²) >= 11 is 0. The summed E-state index contributed by atoms with van der Waals surface area (Å²) in [6, 6.07) is 7.13. The van der Waals surface area contributed by atoms with Crippen LogP contribution in [0, 0.1) is 5.41 Å². The summed E-state index contributed by atoms with van der Waals surface area (Å²) in [4.78, 5) is 0. The summed E-state index contributed by atoms with van der Waals surface area (Å²) in [7, 11) is 3.80. The van der Waals surface area contributed by atoms with E-state index in [1.165, 1.54) is 11.1 Å². The van der Waals surface area contributed by atoms with Gasteiger partial charge in [0.2, 0.25) is 0 Å². The minimum Gasteiger partial charge on any atom is -0.496 e. The number of hydrogen-bond acceptors (Lipinski definition) is 2. The Hall–Kier alpha value is -1.02. The zero-order valence-electron chi connectivity index (χ0n) is 11.5. The summed E-state index contributed by atoms with van der Waals surface area (Å²) in [6.45, 7) is 6.83. The van der Waals surface area contributed by atoms with Crippen LogP contribution in [0.4, 0.5) is 0 Å². The molecular formula is C15H23NO. The topological polar surface area (TPSA) is 21.3 Å². The Bertz CT molecular complexity index is 411. The Labute approximate surface area is 104 Å². The predicted molar refractivity (Wildman–Crippen MR) is 71.7 cm³/mol. The second-order valence-corrected chi connectivity index (χ2v) is 5.50. The van der Waals surface area contributed by atoms with Crippen LogP contribution in [0.15, 0.2) is 18.2 Å². The van der Waals surface area contributed by atoms with Gasteiger partial charge < -0.3 is 10.1 Å². The summed E-state index contributed by atoms with van der Waals surface area (Å²) in [5, 5.41) is 3.41. The maximum atomic E-state index is 5.50. The summed E-state index contributed by atoms with van der Waals surface area (Å²) in [5.74, 6) is 1.59. The van der Waals surface area contributed by atoms with E-state index in [9.17, 15) is 0 Å². The van der Waals surface area contributed by atoms with Gasteiger partial charge in [-0.1, -0.05) is 32.9 Å². The molecule has 1 aliphatic rings. The lowest BCUT2D eigenvalue weighted by atomic mass is 9.99. The molecule has 1 aromatic rings. The fourth-order valence-electron chi connectivity index (χ4n) is 3.00. The van der Waals surface area contributed by atoms with Crippen molar-refractivity contribution in [2.45, 2.75) is 39.2 Å². The molecule has 1 aliphatic carbocycles. The Morgan fingerprint density at radius 2 is 2.06 bits per heavy atom.